The summed E-state index contributed by atoms with van der Waals surface area (Å²) in [6.45, 7) is 9.08. The molecule has 2 aromatic rings. The topological polar surface area (TPSA) is 91.8 Å². The number of anilines is 3. The van der Waals surface area contributed by atoms with E-state index in [1.165, 1.54) is 0 Å². The van der Waals surface area contributed by atoms with Crippen molar-refractivity contribution in [2.75, 3.05) is 23.7 Å². The zero-order chi connectivity index (χ0) is 18.9. The Kier molecular flexibility index (Phi) is 7.32. The predicted molar refractivity (Wildman–Crippen MR) is 105 cm³/mol. The molecule has 0 unspecified atom stereocenters. The average molecular weight is 356 g/mol. The van der Waals surface area contributed by atoms with Crippen LogP contribution in [0.5, 0.6) is 0 Å². The third-order valence-corrected chi connectivity index (χ3v) is 4.10. The second-order valence-electron chi connectivity index (χ2n) is 6.26. The molecule has 0 saturated carbocycles. The molecule has 0 aliphatic carbocycles. The molecule has 7 nitrogen and oxygen atoms in total. The third kappa shape index (κ3) is 5.98. The molecule has 3 N–H and O–H groups in total. The number of aromatic nitrogens is 3. The van der Waals surface area contributed by atoms with Crippen LogP contribution < -0.4 is 16.0 Å². The number of pyridine rings is 1. The molecule has 0 atom stereocenters. The first-order chi connectivity index (χ1) is 12.5. The van der Waals surface area contributed by atoms with E-state index in [9.17, 15) is 4.79 Å². The van der Waals surface area contributed by atoms with Gasteiger partial charge in [-0.25, -0.2) is 15.0 Å². The van der Waals surface area contributed by atoms with Crippen LogP contribution in [-0.4, -0.2) is 33.9 Å². The Bertz CT molecular complexity index is 730. The van der Waals surface area contributed by atoms with Crippen LogP contribution in [0.1, 0.15) is 38.1 Å². The summed E-state index contributed by atoms with van der Waals surface area (Å²) in [5.41, 5.74) is 1.12. The van der Waals surface area contributed by atoms with E-state index >= 15 is 0 Å². The van der Waals surface area contributed by atoms with Crippen LogP contribution in [-0.2, 0) is 4.79 Å². The van der Waals surface area contributed by atoms with Crippen LogP contribution in [0, 0.1) is 19.8 Å². The average Bonchev–Trinajstić information content (AvgIpc) is 2.59. The maximum Gasteiger partial charge on any atom is 0.223 e. The van der Waals surface area contributed by atoms with Crippen LogP contribution in [0.2, 0.25) is 0 Å². The number of nitrogens with zero attached hydrogens (tertiary/aromatic N) is 3. The maximum absolute atomic E-state index is 12.0. The second kappa shape index (κ2) is 9.70. The Labute approximate surface area is 155 Å². The highest BCUT2D eigenvalue weighted by atomic mass is 16.1. The molecule has 0 radical (unpaired) electrons. The highest BCUT2D eigenvalue weighted by molar-refractivity contribution is 5.78. The quantitative estimate of drug-likeness (QED) is 0.598. The molecular formula is C19H28N6O. The highest BCUT2D eigenvalue weighted by Gasteiger charge is 2.12. The van der Waals surface area contributed by atoms with Crippen molar-refractivity contribution in [3.8, 4) is 0 Å². The van der Waals surface area contributed by atoms with Gasteiger partial charge in [-0.2, -0.15) is 0 Å². The monoisotopic (exact) mass is 356 g/mol. The molecule has 26 heavy (non-hydrogen) atoms. The van der Waals surface area contributed by atoms with Gasteiger partial charge >= 0.3 is 0 Å². The zero-order valence-corrected chi connectivity index (χ0v) is 16.0. The molecule has 0 aliphatic rings. The number of rotatable bonds is 9. The first-order valence-electron chi connectivity index (χ1n) is 9.08. The summed E-state index contributed by atoms with van der Waals surface area (Å²) < 4.78 is 0. The van der Waals surface area contributed by atoms with E-state index in [1.54, 1.807) is 6.20 Å². The van der Waals surface area contributed by atoms with Crippen molar-refractivity contribution >= 4 is 23.4 Å². The summed E-state index contributed by atoms with van der Waals surface area (Å²) >= 11 is 0. The Morgan fingerprint density at radius 1 is 1.04 bits per heavy atom. The number of nitrogens with one attached hydrogen (secondary N) is 3. The Morgan fingerprint density at radius 2 is 1.77 bits per heavy atom. The number of hydrogen-bond donors (Lipinski definition) is 3. The van der Waals surface area contributed by atoms with Crippen LogP contribution in [0.15, 0.2) is 24.4 Å². The third-order valence-electron chi connectivity index (χ3n) is 4.10. The lowest BCUT2D eigenvalue weighted by Gasteiger charge is -2.13. The molecule has 2 rings (SSSR count). The van der Waals surface area contributed by atoms with E-state index in [2.05, 4.69) is 30.9 Å². The van der Waals surface area contributed by atoms with Gasteiger partial charge in [0.15, 0.2) is 0 Å². The van der Waals surface area contributed by atoms with Crippen molar-refractivity contribution in [2.45, 2.75) is 40.5 Å². The van der Waals surface area contributed by atoms with E-state index in [4.69, 9.17) is 0 Å². The fourth-order valence-electron chi connectivity index (χ4n) is 2.64. The SMILES string of the molecule is CCC(CC)C(=O)NCCNc1cc(Nc2cc(C)ccn2)nc(C)n1. The molecule has 0 spiro atoms. The van der Waals surface area contributed by atoms with Crippen molar-refractivity contribution in [3.63, 3.8) is 0 Å². The fraction of sp³-hybridized carbons (Fsp3) is 0.474. The number of carbonyl (C=O) groups excluding carboxylic acids is 1. The molecule has 1 amide bonds. The lowest BCUT2D eigenvalue weighted by Crippen LogP contribution is -2.33. The number of carbonyl (C=O) groups is 1. The smallest absolute Gasteiger partial charge is 0.223 e. The molecule has 140 valence electrons. The maximum atomic E-state index is 12.0. The first-order valence-corrected chi connectivity index (χ1v) is 9.08. The van der Waals surface area contributed by atoms with Gasteiger partial charge in [0.1, 0.15) is 23.3 Å². The van der Waals surface area contributed by atoms with Crippen LogP contribution in [0.4, 0.5) is 17.5 Å². The van der Waals surface area contributed by atoms with Crippen molar-refractivity contribution < 1.29 is 4.79 Å². The Balaban J connectivity index is 1.90. The van der Waals surface area contributed by atoms with Crippen molar-refractivity contribution in [1.29, 1.82) is 0 Å². The van der Waals surface area contributed by atoms with Gasteiger partial charge in [0.2, 0.25) is 5.91 Å². The predicted octanol–water partition coefficient (Wildman–Crippen LogP) is 3.20. The zero-order valence-electron chi connectivity index (χ0n) is 16.0. The fourth-order valence-corrected chi connectivity index (χ4v) is 2.64. The van der Waals surface area contributed by atoms with Crippen molar-refractivity contribution in [3.05, 3.63) is 35.8 Å². The van der Waals surface area contributed by atoms with Gasteiger partial charge in [-0.15, -0.1) is 0 Å². The van der Waals surface area contributed by atoms with E-state index in [0.29, 0.717) is 30.5 Å². The van der Waals surface area contributed by atoms with Crippen LogP contribution in [0.25, 0.3) is 0 Å². The van der Waals surface area contributed by atoms with E-state index in [0.717, 1.165) is 24.2 Å². The van der Waals surface area contributed by atoms with E-state index in [-0.39, 0.29) is 11.8 Å². The molecule has 0 bridgehead atoms. The lowest BCUT2D eigenvalue weighted by molar-refractivity contribution is -0.125. The molecule has 0 aliphatic heterocycles. The van der Waals surface area contributed by atoms with Gasteiger partial charge in [-0.3, -0.25) is 4.79 Å². The van der Waals surface area contributed by atoms with Gasteiger partial charge in [0.05, 0.1) is 0 Å². The van der Waals surface area contributed by atoms with Gasteiger partial charge in [-0.1, -0.05) is 13.8 Å². The summed E-state index contributed by atoms with van der Waals surface area (Å²) in [6.07, 6.45) is 3.49. The van der Waals surface area contributed by atoms with Gasteiger partial charge in [-0.05, 0) is 44.4 Å². The standard InChI is InChI=1S/C19H28N6O/c1-5-15(6-2)19(26)22-10-9-21-17-12-18(24-14(4)23-17)25-16-11-13(3)7-8-20-16/h7-8,11-12,15H,5-6,9-10H2,1-4H3,(H,22,26)(H2,20,21,23,24,25). The van der Waals surface area contributed by atoms with Gasteiger partial charge in [0.25, 0.3) is 0 Å². The normalized spacial score (nSPS) is 10.7. The van der Waals surface area contributed by atoms with Crippen LogP contribution >= 0.6 is 0 Å². The Hall–Kier alpha value is -2.70. The summed E-state index contributed by atoms with van der Waals surface area (Å²) in [5.74, 6) is 3.00. The molecule has 2 heterocycles. The highest BCUT2D eigenvalue weighted by Crippen LogP contribution is 2.16. The van der Waals surface area contributed by atoms with E-state index < -0.39 is 0 Å². The second-order valence-corrected chi connectivity index (χ2v) is 6.26. The molecule has 0 saturated heterocycles. The lowest BCUT2D eigenvalue weighted by atomic mass is 10.0. The summed E-state index contributed by atoms with van der Waals surface area (Å²) in [4.78, 5) is 25.0. The van der Waals surface area contributed by atoms with Crippen LogP contribution in [0.3, 0.4) is 0 Å². The van der Waals surface area contributed by atoms with Crippen molar-refractivity contribution in [1.82, 2.24) is 20.3 Å². The summed E-state index contributed by atoms with van der Waals surface area (Å²) in [6, 6.07) is 5.73. The first kappa shape index (κ1) is 19.6. The minimum absolute atomic E-state index is 0.0916. The minimum Gasteiger partial charge on any atom is -0.368 e. The number of amides is 1. The van der Waals surface area contributed by atoms with E-state index in [1.807, 2.05) is 45.9 Å². The molecule has 0 fully saturated rings. The molecule has 2 aromatic heterocycles. The van der Waals surface area contributed by atoms with Gasteiger partial charge < -0.3 is 16.0 Å². The molecule has 0 aromatic carbocycles. The van der Waals surface area contributed by atoms with Gasteiger partial charge in [0, 0.05) is 31.3 Å². The van der Waals surface area contributed by atoms with Crippen molar-refractivity contribution in [2.24, 2.45) is 5.92 Å². The Morgan fingerprint density at radius 3 is 2.46 bits per heavy atom. The summed E-state index contributed by atoms with van der Waals surface area (Å²) in [7, 11) is 0. The molecule has 7 heteroatoms. The summed E-state index contributed by atoms with van der Waals surface area (Å²) in [5, 5.41) is 9.38. The number of aryl methyl sites for hydroxylation is 2. The minimum atomic E-state index is 0.0916. The molecular weight excluding hydrogens is 328 g/mol. The number of hydrogen-bond acceptors (Lipinski definition) is 6. The largest absolute Gasteiger partial charge is 0.368 e.